The van der Waals surface area contributed by atoms with Crippen molar-refractivity contribution in [3.63, 3.8) is 0 Å². The summed E-state index contributed by atoms with van der Waals surface area (Å²) in [6, 6.07) is 20.7. The molecule has 0 fully saturated rings. The summed E-state index contributed by atoms with van der Waals surface area (Å²) >= 11 is 0. The summed E-state index contributed by atoms with van der Waals surface area (Å²) in [4.78, 5) is 24.8. The van der Waals surface area contributed by atoms with Crippen LogP contribution >= 0.6 is 0 Å². The summed E-state index contributed by atoms with van der Waals surface area (Å²) in [5.74, 6) is -0.784. The Balaban J connectivity index is 1.75. The van der Waals surface area contributed by atoms with Gasteiger partial charge in [-0.3, -0.25) is 9.59 Å². The van der Waals surface area contributed by atoms with E-state index >= 15 is 0 Å². The van der Waals surface area contributed by atoms with Gasteiger partial charge in [0.25, 0.3) is 5.91 Å². The summed E-state index contributed by atoms with van der Waals surface area (Å²) in [5.41, 5.74) is 12.2. The average molecular weight is 425 g/mol. The van der Waals surface area contributed by atoms with Gasteiger partial charge in [0.05, 0.1) is 11.3 Å². The first-order valence-corrected chi connectivity index (χ1v) is 10.3. The van der Waals surface area contributed by atoms with Crippen LogP contribution in [0.25, 0.3) is 16.9 Å². The molecule has 32 heavy (non-hydrogen) atoms. The molecule has 160 valence electrons. The number of hydrogen-bond donors (Lipinski definition) is 2. The maximum atomic E-state index is 13.3. The average Bonchev–Trinajstić information content (AvgIpc) is 3.22. The molecule has 1 heterocycles. The zero-order valence-electron chi connectivity index (χ0n) is 18.2. The second-order valence-electron chi connectivity index (χ2n) is 7.82. The maximum absolute atomic E-state index is 13.3. The Bertz CT molecular complexity index is 1320. The molecule has 6 nitrogen and oxygen atoms in total. The topological polar surface area (TPSA) is 90.0 Å². The van der Waals surface area contributed by atoms with E-state index in [9.17, 15) is 9.59 Å². The quantitative estimate of drug-likeness (QED) is 0.481. The third-order valence-electron chi connectivity index (χ3n) is 5.51. The molecular formula is C26H24N4O2. The molecule has 1 aromatic heterocycles. The number of aromatic nitrogens is 2. The Labute approximate surface area is 186 Å². The molecule has 4 rings (SSSR count). The SMILES string of the molecule is Cc1ccc(-c2nn(-c3ccccc3)cc2C(=O)Nc2ccc(C(N)=O)c(C)c2)cc1C. The highest BCUT2D eigenvalue weighted by Crippen LogP contribution is 2.27. The van der Waals surface area contributed by atoms with Crippen molar-refractivity contribution in [3.05, 3.63) is 101 Å². The minimum Gasteiger partial charge on any atom is -0.366 e. The Morgan fingerprint density at radius 2 is 1.59 bits per heavy atom. The van der Waals surface area contributed by atoms with Gasteiger partial charge in [-0.05, 0) is 73.9 Å². The van der Waals surface area contributed by atoms with Crippen LogP contribution in [-0.2, 0) is 0 Å². The highest BCUT2D eigenvalue weighted by Gasteiger charge is 2.20. The molecule has 0 unspecified atom stereocenters. The van der Waals surface area contributed by atoms with Crippen molar-refractivity contribution in [3.8, 4) is 16.9 Å². The number of nitrogens with one attached hydrogen (secondary N) is 1. The van der Waals surface area contributed by atoms with Crippen molar-refractivity contribution >= 4 is 17.5 Å². The predicted octanol–water partition coefficient (Wildman–Crippen LogP) is 4.82. The second kappa shape index (κ2) is 8.51. The van der Waals surface area contributed by atoms with Crippen molar-refractivity contribution < 1.29 is 9.59 Å². The van der Waals surface area contributed by atoms with Gasteiger partial charge in [0.1, 0.15) is 5.69 Å². The molecule has 0 atom stereocenters. The number of benzene rings is 3. The number of carbonyl (C=O) groups is 2. The fraction of sp³-hybridized carbons (Fsp3) is 0.115. The molecule has 0 bridgehead atoms. The smallest absolute Gasteiger partial charge is 0.259 e. The van der Waals surface area contributed by atoms with Gasteiger partial charge >= 0.3 is 0 Å². The van der Waals surface area contributed by atoms with E-state index < -0.39 is 5.91 Å². The van der Waals surface area contributed by atoms with E-state index in [1.165, 1.54) is 5.56 Å². The summed E-state index contributed by atoms with van der Waals surface area (Å²) < 4.78 is 1.71. The number of rotatable bonds is 5. The number of carbonyl (C=O) groups excluding carboxylic acids is 2. The van der Waals surface area contributed by atoms with Gasteiger partial charge in [-0.2, -0.15) is 5.10 Å². The molecule has 6 heteroatoms. The third-order valence-corrected chi connectivity index (χ3v) is 5.51. The Morgan fingerprint density at radius 3 is 2.25 bits per heavy atom. The van der Waals surface area contributed by atoms with Crippen LogP contribution in [-0.4, -0.2) is 21.6 Å². The normalized spacial score (nSPS) is 10.7. The van der Waals surface area contributed by atoms with Crippen LogP contribution in [0.2, 0.25) is 0 Å². The Kier molecular flexibility index (Phi) is 5.60. The number of nitrogens with zero attached hydrogens (tertiary/aromatic N) is 2. The molecule has 0 saturated carbocycles. The number of primary amides is 1. The molecule has 0 spiro atoms. The highest BCUT2D eigenvalue weighted by atomic mass is 16.2. The lowest BCUT2D eigenvalue weighted by molar-refractivity contribution is 0.0997. The first-order valence-electron chi connectivity index (χ1n) is 10.3. The monoisotopic (exact) mass is 424 g/mol. The van der Waals surface area contributed by atoms with Crippen molar-refractivity contribution in [1.29, 1.82) is 0 Å². The van der Waals surface area contributed by atoms with Crippen LogP contribution in [0, 0.1) is 20.8 Å². The predicted molar refractivity (Wildman–Crippen MR) is 126 cm³/mol. The van der Waals surface area contributed by atoms with Gasteiger partial charge in [-0.25, -0.2) is 4.68 Å². The molecule has 4 aromatic rings. The lowest BCUT2D eigenvalue weighted by Crippen LogP contribution is -2.15. The van der Waals surface area contributed by atoms with Gasteiger partial charge in [0.15, 0.2) is 0 Å². The number of anilines is 1. The van der Waals surface area contributed by atoms with Crippen molar-refractivity contribution in [2.45, 2.75) is 20.8 Å². The van der Waals surface area contributed by atoms with Crippen LogP contribution in [0.5, 0.6) is 0 Å². The zero-order valence-corrected chi connectivity index (χ0v) is 18.2. The van der Waals surface area contributed by atoms with E-state index in [1.807, 2.05) is 62.4 Å². The van der Waals surface area contributed by atoms with Gasteiger partial charge in [-0.1, -0.05) is 30.3 Å². The second-order valence-corrected chi connectivity index (χ2v) is 7.82. The van der Waals surface area contributed by atoms with Crippen molar-refractivity contribution in [2.75, 3.05) is 5.32 Å². The lowest BCUT2D eigenvalue weighted by Gasteiger charge is -2.09. The van der Waals surface area contributed by atoms with E-state index in [-0.39, 0.29) is 5.91 Å². The molecule has 3 aromatic carbocycles. The molecule has 3 N–H and O–H groups in total. The number of amides is 2. The van der Waals surface area contributed by atoms with Crippen molar-refractivity contribution in [1.82, 2.24) is 9.78 Å². The van der Waals surface area contributed by atoms with E-state index in [0.29, 0.717) is 28.1 Å². The minimum absolute atomic E-state index is 0.286. The van der Waals surface area contributed by atoms with Gasteiger partial charge in [-0.15, -0.1) is 0 Å². The molecule has 0 aliphatic carbocycles. The number of aryl methyl sites for hydroxylation is 3. The lowest BCUT2D eigenvalue weighted by atomic mass is 10.0. The van der Waals surface area contributed by atoms with E-state index in [2.05, 4.69) is 5.32 Å². The van der Waals surface area contributed by atoms with E-state index in [4.69, 9.17) is 10.8 Å². The Hall–Kier alpha value is -4.19. The van der Waals surface area contributed by atoms with Gasteiger partial charge < -0.3 is 11.1 Å². The molecule has 0 radical (unpaired) electrons. The maximum Gasteiger partial charge on any atom is 0.259 e. The fourth-order valence-corrected chi connectivity index (χ4v) is 3.57. The van der Waals surface area contributed by atoms with Gasteiger partial charge in [0.2, 0.25) is 5.91 Å². The van der Waals surface area contributed by atoms with Crippen LogP contribution in [0.4, 0.5) is 5.69 Å². The first-order chi connectivity index (χ1) is 15.3. The zero-order chi connectivity index (χ0) is 22.8. The molecule has 0 aliphatic rings. The number of nitrogens with two attached hydrogens (primary N) is 1. The molecular weight excluding hydrogens is 400 g/mol. The molecule has 0 saturated heterocycles. The number of para-hydroxylation sites is 1. The largest absolute Gasteiger partial charge is 0.366 e. The van der Waals surface area contributed by atoms with Crippen LogP contribution in [0.1, 0.15) is 37.4 Å². The standard InChI is InChI=1S/C26H24N4O2/c1-16-9-10-19(13-17(16)2)24-23(15-30(29-24)21-7-5-4-6-8-21)26(32)28-20-11-12-22(25(27)31)18(3)14-20/h4-15H,1-3H3,(H2,27,31)(H,28,32). The fourth-order valence-electron chi connectivity index (χ4n) is 3.57. The summed E-state index contributed by atoms with van der Waals surface area (Å²) in [6.45, 7) is 5.87. The molecule has 2 amide bonds. The summed E-state index contributed by atoms with van der Waals surface area (Å²) in [7, 11) is 0. The Morgan fingerprint density at radius 1 is 0.844 bits per heavy atom. The number of hydrogen-bond acceptors (Lipinski definition) is 3. The summed E-state index contributed by atoms with van der Waals surface area (Å²) in [6.07, 6.45) is 1.74. The molecule has 0 aliphatic heterocycles. The van der Waals surface area contributed by atoms with Crippen LogP contribution in [0.3, 0.4) is 0 Å². The minimum atomic E-state index is -0.499. The van der Waals surface area contributed by atoms with Crippen LogP contribution in [0.15, 0.2) is 72.9 Å². The van der Waals surface area contributed by atoms with Crippen molar-refractivity contribution in [2.24, 2.45) is 5.73 Å². The van der Waals surface area contributed by atoms with E-state index in [1.54, 1.807) is 36.0 Å². The summed E-state index contributed by atoms with van der Waals surface area (Å²) in [5, 5.41) is 7.66. The first kappa shape index (κ1) is 21.1. The van der Waals surface area contributed by atoms with E-state index in [0.717, 1.165) is 16.8 Å². The highest BCUT2D eigenvalue weighted by molar-refractivity contribution is 6.08. The van der Waals surface area contributed by atoms with Gasteiger partial charge in [0, 0.05) is 23.0 Å². The van der Waals surface area contributed by atoms with Crippen LogP contribution < -0.4 is 11.1 Å². The third kappa shape index (κ3) is 4.16.